The van der Waals surface area contributed by atoms with Crippen molar-refractivity contribution in [1.82, 2.24) is 15.1 Å². The van der Waals surface area contributed by atoms with E-state index in [1.54, 1.807) is 0 Å². The quantitative estimate of drug-likeness (QED) is 0.863. The molecule has 1 aliphatic rings. The third-order valence-electron chi connectivity index (χ3n) is 4.35. The normalized spacial score (nSPS) is 17.1. The number of aromatic nitrogens is 2. The third kappa shape index (κ3) is 5.41. The molecular weight excluding hydrogens is 316 g/mol. The Morgan fingerprint density at radius 3 is 2.64 bits per heavy atom. The fraction of sp³-hybridized carbons (Fsp3) is 0.474. The number of aliphatic hydroxyl groups is 1. The number of para-hydroxylation sites is 1. The molecule has 3 rings (SSSR count). The molecule has 1 atom stereocenters. The van der Waals surface area contributed by atoms with Crippen LogP contribution in [0.1, 0.15) is 12.1 Å². The molecular formula is C19H26N4O2. The van der Waals surface area contributed by atoms with Crippen molar-refractivity contribution in [3.05, 3.63) is 48.2 Å². The summed E-state index contributed by atoms with van der Waals surface area (Å²) in [5, 5.41) is 18.7. The van der Waals surface area contributed by atoms with Crippen LogP contribution in [0.5, 0.6) is 5.75 Å². The molecule has 1 aliphatic heterocycles. The highest BCUT2D eigenvalue weighted by atomic mass is 16.5. The predicted molar refractivity (Wildman–Crippen MR) is 98.0 cm³/mol. The smallest absolute Gasteiger partial charge is 0.151 e. The van der Waals surface area contributed by atoms with E-state index in [2.05, 4.69) is 20.0 Å². The van der Waals surface area contributed by atoms with Gasteiger partial charge < -0.3 is 14.7 Å². The fourth-order valence-corrected chi connectivity index (χ4v) is 3.00. The summed E-state index contributed by atoms with van der Waals surface area (Å²) in [7, 11) is 0. The van der Waals surface area contributed by atoms with Gasteiger partial charge in [-0.2, -0.15) is 5.10 Å². The molecule has 2 aromatic rings. The van der Waals surface area contributed by atoms with Crippen LogP contribution in [0.3, 0.4) is 0 Å². The van der Waals surface area contributed by atoms with Gasteiger partial charge in [-0.3, -0.25) is 4.90 Å². The lowest BCUT2D eigenvalue weighted by Crippen LogP contribution is -2.38. The SMILES string of the molecule is Cc1ccc(N2CCCN(CC(O)COc3ccccc3)CC2)nn1. The number of aryl methyl sites for hydroxylation is 1. The predicted octanol–water partition coefficient (Wildman–Crippen LogP) is 1.74. The van der Waals surface area contributed by atoms with Crippen molar-refractivity contribution >= 4 is 5.82 Å². The average molecular weight is 342 g/mol. The highest BCUT2D eigenvalue weighted by molar-refractivity contribution is 5.37. The van der Waals surface area contributed by atoms with Crippen molar-refractivity contribution in [3.8, 4) is 5.75 Å². The van der Waals surface area contributed by atoms with Gasteiger partial charge in [0.25, 0.3) is 0 Å². The van der Waals surface area contributed by atoms with Crippen LogP contribution in [0, 0.1) is 6.92 Å². The monoisotopic (exact) mass is 342 g/mol. The fourth-order valence-electron chi connectivity index (χ4n) is 3.00. The summed E-state index contributed by atoms with van der Waals surface area (Å²) in [5.41, 5.74) is 0.932. The first-order valence-corrected chi connectivity index (χ1v) is 8.84. The highest BCUT2D eigenvalue weighted by Gasteiger charge is 2.18. The van der Waals surface area contributed by atoms with E-state index in [-0.39, 0.29) is 0 Å². The summed E-state index contributed by atoms with van der Waals surface area (Å²) in [5.74, 6) is 1.72. The second-order valence-electron chi connectivity index (χ2n) is 6.45. The van der Waals surface area contributed by atoms with Crippen molar-refractivity contribution < 1.29 is 9.84 Å². The molecule has 0 spiro atoms. The number of aliphatic hydroxyl groups excluding tert-OH is 1. The first-order valence-electron chi connectivity index (χ1n) is 8.84. The third-order valence-corrected chi connectivity index (χ3v) is 4.35. The van der Waals surface area contributed by atoms with Crippen LogP contribution in [0.2, 0.25) is 0 Å². The Kier molecular flexibility index (Phi) is 6.19. The Hall–Kier alpha value is -2.18. The molecule has 0 radical (unpaired) electrons. The van der Waals surface area contributed by atoms with Crippen LogP contribution in [0.25, 0.3) is 0 Å². The van der Waals surface area contributed by atoms with Crippen LogP contribution in [-0.4, -0.2) is 65.6 Å². The van der Waals surface area contributed by atoms with Crippen molar-refractivity contribution in [2.45, 2.75) is 19.4 Å². The standard InChI is InChI=1S/C19H26N4O2/c1-16-8-9-19(21-20-16)23-11-5-10-22(12-13-23)14-17(24)15-25-18-6-3-2-4-7-18/h2-4,6-9,17,24H,5,10-15H2,1H3. The van der Waals surface area contributed by atoms with E-state index in [0.29, 0.717) is 13.2 Å². The van der Waals surface area contributed by atoms with Gasteiger partial charge in [0.05, 0.1) is 5.69 Å². The summed E-state index contributed by atoms with van der Waals surface area (Å²) < 4.78 is 5.64. The number of β-amino-alcohol motifs (C(OH)–C–C–N with tert-alkyl or cyclic N) is 1. The molecule has 0 amide bonds. The topological polar surface area (TPSA) is 61.7 Å². The van der Waals surface area contributed by atoms with Crippen LogP contribution >= 0.6 is 0 Å². The molecule has 1 fully saturated rings. The molecule has 0 bridgehead atoms. The Labute approximate surface area is 149 Å². The molecule has 6 nitrogen and oxygen atoms in total. The highest BCUT2D eigenvalue weighted by Crippen LogP contribution is 2.14. The molecule has 1 N–H and O–H groups in total. The number of ether oxygens (including phenoxy) is 1. The summed E-state index contributed by atoms with van der Waals surface area (Å²) in [6.07, 6.45) is 0.549. The summed E-state index contributed by atoms with van der Waals surface area (Å²) in [6, 6.07) is 13.6. The van der Waals surface area contributed by atoms with Gasteiger partial charge in [0.15, 0.2) is 5.82 Å². The number of hydrogen-bond acceptors (Lipinski definition) is 6. The number of anilines is 1. The summed E-state index contributed by atoms with van der Waals surface area (Å²) in [6.45, 7) is 6.61. The van der Waals surface area contributed by atoms with Crippen LogP contribution in [0.4, 0.5) is 5.82 Å². The first kappa shape index (κ1) is 17.6. The van der Waals surface area contributed by atoms with E-state index >= 15 is 0 Å². The maximum atomic E-state index is 10.3. The van der Waals surface area contributed by atoms with Crippen LogP contribution < -0.4 is 9.64 Å². The zero-order chi connectivity index (χ0) is 17.5. The Bertz CT molecular complexity index is 636. The number of nitrogens with zero attached hydrogens (tertiary/aromatic N) is 4. The van der Waals surface area contributed by atoms with Crippen molar-refractivity contribution in [2.24, 2.45) is 0 Å². The molecule has 1 aromatic carbocycles. The van der Waals surface area contributed by atoms with Gasteiger partial charge in [-0.25, -0.2) is 0 Å². The van der Waals surface area contributed by atoms with Crippen molar-refractivity contribution in [3.63, 3.8) is 0 Å². The maximum Gasteiger partial charge on any atom is 0.151 e. The van der Waals surface area contributed by atoms with E-state index in [0.717, 1.165) is 49.9 Å². The molecule has 6 heteroatoms. The molecule has 1 saturated heterocycles. The molecule has 1 unspecified atom stereocenters. The number of hydrogen-bond donors (Lipinski definition) is 1. The molecule has 134 valence electrons. The Morgan fingerprint density at radius 1 is 1.04 bits per heavy atom. The van der Waals surface area contributed by atoms with Gasteiger partial charge in [0, 0.05) is 26.2 Å². The molecule has 1 aromatic heterocycles. The van der Waals surface area contributed by atoms with Crippen LogP contribution in [0.15, 0.2) is 42.5 Å². The lowest BCUT2D eigenvalue weighted by Gasteiger charge is -2.24. The number of rotatable bonds is 6. The average Bonchev–Trinajstić information content (AvgIpc) is 2.87. The van der Waals surface area contributed by atoms with E-state index < -0.39 is 6.10 Å². The van der Waals surface area contributed by atoms with Gasteiger partial charge in [-0.15, -0.1) is 5.10 Å². The van der Waals surface area contributed by atoms with E-state index in [1.807, 2.05) is 49.4 Å². The zero-order valence-corrected chi connectivity index (χ0v) is 14.7. The Morgan fingerprint density at radius 2 is 1.88 bits per heavy atom. The van der Waals surface area contributed by atoms with Gasteiger partial charge >= 0.3 is 0 Å². The first-order chi connectivity index (χ1) is 12.2. The molecule has 2 heterocycles. The lowest BCUT2D eigenvalue weighted by molar-refractivity contribution is 0.0705. The maximum absolute atomic E-state index is 10.3. The van der Waals surface area contributed by atoms with Crippen LogP contribution in [-0.2, 0) is 0 Å². The molecule has 0 aliphatic carbocycles. The minimum absolute atomic E-state index is 0.313. The second-order valence-corrected chi connectivity index (χ2v) is 6.45. The number of benzene rings is 1. The van der Waals surface area contributed by atoms with Gasteiger partial charge in [0.2, 0.25) is 0 Å². The minimum Gasteiger partial charge on any atom is -0.491 e. The van der Waals surface area contributed by atoms with Gasteiger partial charge in [-0.05, 0) is 44.2 Å². The van der Waals surface area contributed by atoms with E-state index in [1.165, 1.54) is 0 Å². The molecule has 25 heavy (non-hydrogen) atoms. The molecule has 0 saturated carbocycles. The minimum atomic E-state index is -0.495. The zero-order valence-electron chi connectivity index (χ0n) is 14.7. The van der Waals surface area contributed by atoms with Gasteiger partial charge in [-0.1, -0.05) is 18.2 Å². The Balaban J connectivity index is 1.45. The second kappa shape index (κ2) is 8.78. The summed E-state index contributed by atoms with van der Waals surface area (Å²) in [4.78, 5) is 4.56. The van der Waals surface area contributed by atoms with Gasteiger partial charge in [0.1, 0.15) is 18.5 Å². The van der Waals surface area contributed by atoms with E-state index in [9.17, 15) is 5.11 Å². The largest absolute Gasteiger partial charge is 0.491 e. The van der Waals surface area contributed by atoms with E-state index in [4.69, 9.17) is 4.74 Å². The summed E-state index contributed by atoms with van der Waals surface area (Å²) >= 11 is 0. The van der Waals surface area contributed by atoms with Crippen molar-refractivity contribution in [2.75, 3.05) is 44.2 Å². The lowest BCUT2D eigenvalue weighted by atomic mass is 10.3. The van der Waals surface area contributed by atoms with Crippen molar-refractivity contribution in [1.29, 1.82) is 0 Å².